The molecule has 0 aliphatic carbocycles. The predicted molar refractivity (Wildman–Crippen MR) is 67.1 cm³/mol. The van der Waals surface area contributed by atoms with E-state index >= 15 is 0 Å². The van der Waals surface area contributed by atoms with E-state index in [1.165, 1.54) is 0 Å². The number of aryl methyl sites for hydroxylation is 1. The molecular formula is C13H17N3O2. The molecule has 0 saturated carbocycles. The second-order valence-electron chi connectivity index (χ2n) is 3.90. The van der Waals surface area contributed by atoms with Crippen LogP contribution in [0.25, 0.3) is 0 Å². The summed E-state index contributed by atoms with van der Waals surface area (Å²) in [6, 6.07) is 5.20. The topological polar surface area (TPSA) is 75.0 Å². The highest BCUT2D eigenvalue weighted by Crippen LogP contribution is 2.05. The van der Waals surface area contributed by atoms with Crippen LogP contribution in [0.2, 0.25) is 0 Å². The summed E-state index contributed by atoms with van der Waals surface area (Å²) in [5.74, 6) is -0.208. The average Bonchev–Trinajstić information content (AvgIpc) is 2.38. The molecule has 1 amide bonds. The molecule has 0 unspecified atom stereocenters. The molecule has 0 atom stereocenters. The van der Waals surface area contributed by atoms with Gasteiger partial charge in [0.2, 0.25) is 0 Å². The first-order valence-corrected chi connectivity index (χ1v) is 5.84. The number of carbonyl (C=O) groups is 1. The third kappa shape index (κ3) is 4.15. The van der Waals surface area contributed by atoms with Gasteiger partial charge in [0.15, 0.2) is 0 Å². The van der Waals surface area contributed by atoms with Crippen molar-refractivity contribution >= 4 is 5.91 Å². The molecular weight excluding hydrogens is 230 g/mol. The van der Waals surface area contributed by atoms with Gasteiger partial charge in [0.05, 0.1) is 11.3 Å². The molecule has 0 fully saturated rings. The summed E-state index contributed by atoms with van der Waals surface area (Å²) in [5, 5.41) is 11.6. The summed E-state index contributed by atoms with van der Waals surface area (Å²) >= 11 is 0. The molecule has 1 heterocycles. The Bertz CT molecular complexity index is 452. The minimum Gasteiger partial charge on any atom is -0.385 e. The Morgan fingerprint density at radius 2 is 2.28 bits per heavy atom. The van der Waals surface area contributed by atoms with E-state index in [4.69, 9.17) is 10.00 Å². The first-order chi connectivity index (χ1) is 8.69. The fourth-order valence-corrected chi connectivity index (χ4v) is 1.47. The van der Waals surface area contributed by atoms with E-state index in [0.29, 0.717) is 30.1 Å². The van der Waals surface area contributed by atoms with E-state index in [9.17, 15) is 4.79 Å². The van der Waals surface area contributed by atoms with Crippen LogP contribution in [0.15, 0.2) is 12.1 Å². The van der Waals surface area contributed by atoms with Crippen LogP contribution in [0.1, 0.15) is 34.6 Å². The summed E-state index contributed by atoms with van der Waals surface area (Å²) in [4.78, 5) is 15.8. The molecule has 1 aromatic heterocycles. The SMILES string of the molecule is COCCCCNC(=O)c1ccc(C#N)c(C)n1. The largest absolute Gasteiger partial charge is 0.385 e. The minimum absolute atomic E-state index is 0.208. The van der Waals surface area contributed by atoms with E-state index in [1.807, 2.05) is 6.07 Å². The quantitative estimate of drug-likeness (QED) is 0.771. The molecule has 5 nitrogen and oxygen atoms in total. The molecule has 0 spiro atoms. The third-order valence-electron chi connectivity index (χ3n) is 2.50. The number of rotatable bonds is 6. The van der Waals surface area contributed by atoms with Crippen molar-refractivity contribution in [3.8, 4) is 6.07 Å². The third-order valence-corrected chi connectivity index (χ3v) is 2.50. The van der Waals surface area contributed by atoms with Gasteiger partial charge in [-0.1, -0.05) is 0 Å². The Labute approximate surface area is 107 Å². The van der Waals surface area contributed by atoms with Crippen molar-refractivity contribution in [1.82, 2.24) is 10.3 Å². The van der Waals surface area contributed by atoms with Gasteiger partial charge in [-0.25, -0.2) is 4.98 Å². The smallest absolute Gasteiger partial charge is 0.269 e. The van der Waals surface area contributed by atoms with Crippen molar-refractivity contribution in [2.45, 2.75) is 19.8 Å². The Morgan fingerprint density at radius 1 is 1.50 bits per heavy atom. The van der Waals surface area contributed by atoms with Gasteiger partial charge in [-0.05, 0) is 31.9 Å². The average molecular weight is 247 g/mol. The maximum Gasteiger partial charge on any atom is 0.269 e. The van der Waals surface area contributed by atoms with Gasteiger partial charge in [-0.15, -0.1) is 0 Å². The molecule has 1 rings (SSSR count). The maximum absolute atomic E-state index is 11.7. The van der Waals surface area contributed by atoms with Crippen molar-refractivity contribution < 1.29 is 9.53 Å². The van der Waals surface area contributed by atoms with Crippen LogP contribution in [0.5, 0.6) is 0 Å². The van der Waals surface area contributed by atoms with Crippen LogP contribution in [-0.2, 0) is 4.74 Å². The lowest BCUT2D eigenvalue weighted by Gasteiger charge is -2.05. The van der Waals surface area contributed by atoms with Gasteiger partial charge in [-0.3, -0.25) is 4.79 Å². The van der Waals surface area contributed by atoms with Gasteiger partial charge in [0, 0.05) is 20.3 Å². The number of methoxy groups -OCH3 is 1. The number of hydrogen-bond donors (Lipinski definition) is 1. The second-order valence-corrected chi connectivity index (χ2v) is 3.90. The molecule has 0 bridgehead atoms. The molecule has 1 N–H and O–H groups in total. The Hall–Kier alpha value is -1.93. The molecule has 18 heavy (non-hydrogen) atoms. The molecule has 1 aromatic rings. The van der Waals surface area contributed by atoms with E-state index in [1.54, 1.807) is 26.2 Å². The lowest BCUT2D eigenvalue weighted by molar-refractivity contribution is 0.0946. The molecule has 0 aromatic carbocycles. The lowest BCUT2D eigenvalue weighted by atomic mass is 10.2. The number of hydrogen-bond acceptors (Lipinski definition) is 4. The van der Waals surface area contributed by atoms with E-state index < -0.39 is 0 Å². The highest BCUT2D eigenvalue weighted by atomic mass is 16.5. The highest BCUT2D eigenvalue weighted by molar-refractivity contribution is 5.92. The number of ether oxygens (including phenoxy) is 1. The number of carbonyl (C=O) groups excluding carboxylic acids is 1. The summed E-state index contributed by atoms with van der Waals surface area (Å²) in [6.07, 6.45) is 1.78. The second kappa shape index (κ2) is 7.41. The summed E-state index contributed by atoms with van der Waals surface area (Å²) in [6.45, 7) is 3.01. The first-order valence-electron chi connectivity index (χ1n) is 5.84. The number of aromatic nitrogens is 1. The van der Waals surface area contributed by atoms with Gasteiger partial charge < -0.3 is 10.1 Å². The normalized spacial score (nSPS) is 9.83. The van der Waals surface area contributed by atoms with Crippen molar-refractivity contribution in [3.63, 3.8) is 0 Å². The Balaban J connectivity index is 2.47. The fourth-order valence-electron chi connectivity index (χ4n) is 1.47. The summed E-state index contributed by atoms with van der Waals surface area (Å²) in [7, 11) is 1.65. The molecule has 0 aliphatic rings. The predicted octanol–water partition coefficient (Wildman–Crippen LogP) is 1.42. The van der Waals surface area contributed by atoms with Crippen LogP contribution in [0.3, 0.4) is 0 Å². The van der Waals surface area contributed by atoms with E-state index in [0.717, 1.165) is 12.8 Å². The van der Waals surface area contributed by atoms with Crippen LogP contribution in [0.4, 0.5) is 0 Å². The van der Waals surface area contributed by atoms with Crippen LogP contribution in [0, 0.1) is 18.3 Å². The fraction of sp³-hybridized carbons (Fsp3) is 0.462. The Kier molecular flexibility index (Phi) is 5.81. The van der Waals surface area contributed by atoms with Crippen LogP contribution < -0.4 is 5.32 Å². The monoisotopic (exact) mass is 247 g/mol. The number of pyridine rings is 1. The highest BCUT2D eigenvalue weighted by Gasteiger charge is 2.08. The summed E-state index contributed by atoms with van der Waals surface area (Å²) < 4.78 is 4.92. The first kappa shape index (κ1) is 14.1. The number of unbranched alkanes of at least 4 members (excludes halogenated alkanes) is 1. The van der Waals surface area contributed by atoms with Crippen molar-refractivity contribution in [2.24, 2.45) is 0 Å². The van der Waals surface area contributed by atoms with Gasteiger partial charge in [0.1, 0.15) is 11.8 Å². The minimum atomic E-state index is -0.208. The van der Waals surface area contributed by atoms with Crippen LogP contribution >= 0.6 is 0 Å². The lowest BCUT2D eigenvalue weighted by Crippen LogP contribution is -2.25. The zero-order valence-electron chi connectivity index (χ0n) is 10.7. The molecule has 0 saturated heterocycles. The zero-order valence-corrected chi connectivity index (χ0v) is 10.7. The van der Waals surface area contributed by atoms with Crippen molar-refractivity contribution in [3.05, 3.63) is 29.1 Å². The number of nitrogens with one attached hydrogen (secondary N) is 1. The van der Waals surface area contributed by atoms with Crippen molar-refractivity contribution in [2.75, 3.05) is 20.3 Å². The standard InChI is InChI=1S/C13H17N3O2/c1-10-11(9-14)5-6-12(16-10)13(17)15-7-3-4-8-18-2/h5-6H,3-4,7-8H2,1-2H3,(H,15,17). The van der Waals surface area contributed by atoms with Gasteiger partial charge >= 0.3 is 0 Å². The van der Waals surface area contributed by atoms with Crippen LogP contribution in [-0.4, -0.2) is 31.2 Å². The molecule has 0 aliphatic heterocycles. The number of nitrogens with zero attached hydrogens (tertiary/aromatic N) is 2. The van der Waals surface area contributed by atoms with Gasteiger partial charge in [0.25, 0.3) is 5.91 Å². The summed E-state index contributed by atoms with van der Waals surface area (Å²) in [5.41, 5.74) is 1.41. The Morgan fingerprint density at radius 3 is 2.89 bits per heavy atom. The van der Waals surface area contributed by atoms with Gasteiger partial charge in [-0.2, -0.15) is 5.26 Å². The molecule has 0 radical (unpaired) electrons. The molecule has 5 heteroatoms. The number of nitriles is 1. The van der Waals surface area contributed by atoms with E-state index in [-0.39, 0.29) is 5.91 Å². The molecule has 96 valence electrons. The zero-order chi connectivity index (χ0) is 13.4. The van der Waals surface area contributed by atoms with E-state index in [2.05, 4.69) is 10.3 Å². The number of amides is 1. The maximum atomic E-state index is 11.7. The van der Waals surface area contributed by atoms with Crippen molar-refractivity contribution in [1.29, 1.82) is 5.26 Å².